The van der Waals surface area contributed by atoms with Crippen LogP contribution in [0.4, 0.5) is 5.69 Å². The molecule has 1 N–H and O–H groups in total. The van der Waals surface area contributed by atoms with E-state index in [0.717, 1.165) is 11.3 Å². The molecular weight excluding hydrogens is 345 g/mol. The summed E-state index contributed by atoms with van der Waals surface area (Å²) in [6.07, 6.45) is 0. The van der Waals surface area contributed by atoms with E-state index in [-0.39, 0.29) is 0 Å². The summed E-state index contributed by atoms with van der Waals surface area (Å²) in [5, 5.41) is 3.92. The molecule has 0 aliphatic rings. The Hall–Kier alpha value is -1.58. The van der Waals surface area contributed by atoms with Crippen LogP contribution in [0, 0.1) is 0 Å². The van der Waals surface area contributed by atoms with Crippen molar-refractivity contribution in [3.63, 3.8) is 0 Å². The normalized spacial score (nSPS) is 12.2. The van der Waals surface area contributed by atoms with Crippen LogP contribution in [0.15, 0.2) is 60.4 Å². The Labute approximate surface area is 148 Å². The van der Waals surface area contributed by atoms with Crippen molar-refractivity contribution in [2.45, 2.75) is 13.8 Å². The molecule has 2 aromatic rings. The fourth-order valence-electron chi connectivity index (χ4n) is 2.12. The molecule has 0 atom stereocenters. The molecule has 6 heteroatoms. The van der Waals surface area contributed by atoms with Crippen molar-refractivity contribution in [2.75, 3.05) is 18.5 Å². The third-order valence-electron chi connectivity index (χ3n) is 3.11. The summed E-state index contributed by atoms with van der Waals surface area (Å²) in [6.45, 7) is 4.18. The van der Waals surface area contributed by atoms with E-state index in [1.165, 1.54) is 5.82 Å². The highest BCUT2D eigenvalue weighted by Gasteiger charge is 2.22. The molecule has 0 aliphatic heterocycles. The van der Waals surface area contributed by atoms with Crippen LogP contribution in [-0.4, -0.2) is 13.2 Å². The number of halogens is 1. The quantitative estimate of drug-likeness (QED) is 0.581. The molecule has 24 heavy (non-hydrogen) atoms. The highest BCUT2D eigenvalue weighted by atomic mass is 35.5. The van der Waals surface area contributed by atoms with Gasteiger partial charge in [-0.2, -0.15) is 0 Å². The zero-order chi connectivity index (χ0) is 17.4. The van der Waals surface area contributed by atoms with Crippen molar-refractivity contribution >= 4 is 30.6 Å². The van der Waals surface area contributed by atoms with Gasteiger partial charge in [-0.05, 0) is 43.7 Å². The molecule has 0 bridgehead atoms. The first-order chi connectivity index (χ1) is 11.6. The lowest BCUT2D eigenvalue weighted by Crippen LogP contribution is -2.01. The lowest BCUT2D eigenvalue weighted by atomic mass is 10.1. The number of hydrogen-bond donors (Lipinski definition) is 1. The van der Waals surface area contributed by atoms with Gasteiger partial charge in [0.25, 0.3) is 0 Å². The van der Waals surface area contributed by atoms with Gasteiger partial charge in [-0.15, -0.1) is 0 Å². The molecule has 0 saturated heterocycles. The van der Waals surface area contributed by atoms with Crippen molar-refractivity contribution in [3.05, 3.63) is 71.0 Å². The molecule has 2 aromatic carbocycles. The van der Waals surface area contributed by atoms with E-state index in [1.54, 1.807) is 26.0 Å². The Kier molecular flexibility index (Phi) is 7.07. The lowest BCUT2D eigenvalue weighted by Gasteiger charge is -2.17. The summed E-state index contributed by atoms with van der Waals surface area (Å²) in [5.41, 5.74) is 2.37. The van der Waals surface area contributed by atoms with Crippen LogP contribution in [0.2, 0.25) is 5.02 Å². The Bertz CT molecular complexity index is 707. The van der Waals surface area contributed by atoms with Crippen molar-refractivity contribution in [1.29, 1.82) is 0 Å². The first-order valence-corrected chi connectivity index (χ1v) is 9.75. The molecule has 4 nitrogen and oxygen atoms in total. The van der Waals surface area contributed by atoms with Gasteiger partial charge < -0.3 is 14.4 Å². The maximum Gasteiger partial charge on any atom is 0.356 e. The molecule has 2 rings (SSSR count). The van der Waals surface area contributed by atoms with Gasteiger partial charge in [0, 0.05) is 10.7 Å². The van der Waals surface area contributed by atoms with E-state index in [0.29, 0.717) is 23.9 Å². The van der Waals surface area contributed by atoms with Gasteiger partial charge in [0.15, 0.2) is 0 Å². The van der Waals surface area contributed by atoms with Gasteiger partial charge in [0.05, 0.1) is 24.7 Å². The van der Waals surface area contributed by atoms with Crippen LogP contribution in [0.25, 0.3) is 5.70 Å². The molecule has 0 spiro atoms. The van der Waals surface area contributed by atoms with Crippen molar-refractivity contribution in [1.82, 2.24) is 0 Å². The van der Waals surface area contributed by atoms with E-state index in [9.17, 15) is 4.57 Å². The Morgan fingerprint density at radius 1 is 1.04 bits per heavy atom. The molecule has 0 fully saturated rings. The van der Waals surface area contributed by atoms with Gasteiger partial charge in [-0.1, -0.05) is 41.9 Å². The standard InChI is InChI=1S/C18H21ClNO3P/c1-3-22-24(21,23-4-2)14-18(15-8-6-5-7-9-15)20-17-12-10-16(19)11-13-17/h5-14,20H,3-4H2,1-2H3/b18-14-. The molecule has 0 radical (unpaired) electrons. The third kappa shape index (κ3) is 5.50. The maximum absolute atomic E-state index is 12.9. The highest BCUT2D eigenvalue weighted by molar-refractivity contribution is 7.57. The van der Waals surface area contributed by atoms with E-state index < -0.39 is 7.60 Å². The second-order valence-electron chi connectivity index (χ2n) is 4.92. The van der Waals surface area contributed by atoms with Crippen molar-refractivity contribution in [2.24, 2.45) is 0 Å². The SMILES string of the molecule is CCOP(=O)(/C=C(\Nc1ccc(Cl)cc1)c1ccccc1)OCC. The number of hydrogen-bond acceptors (Lipinski definition) is 4. The summed E-state index contributed by atoms with van der Waals surface area (Å²) < 4.78 is 23.6. The monoisotopic (exact) mass is 365 g/mol. The van der Waals surface area contributed by atoms with E-state index in [1.807, 2.05) is 42.5 Å². The van der Waals surface area contributed by atoms with E-state index >= 15 is 0 Å². The van der Waals surface area contributed by atoms with Gasteiger partial charge in [0.2, 0.25) is 0 Å². The van der Waals surface area contributed by atoms with E-state index in [2.05, 4.69) is 5.32 Å². The number of anilines is 1. The Balaban J connectivity index is 2.40. The fraction of sp³-hybridized carbons (Fsp3) is 0.222. The minimum Gasteiger partial charge on any atom is -0.355 e. The van der Waals surface area contributed by atoms with Crippen LogP contribution in [0.5, 0.6) is 0 Å². The van der Waals surface area contributed by atoms with Crippen LogP contribution in [-0.2, 0) is 13.6 Å². The third-order valence-corrected chi connectivity index (χ3v) is 5.18. The Morgan fingerprint density at radius 2 is 1.62 bits per heavy atom. The van der Waals surface area contributed by atoms with Crippen molar-refractivity contribution in [3.8, 4) is 0 Å². The smallest absolute Gasteiger partial charge is 0.355 e. The summed E-state index contributed by atoms with van der Waals surface area (Å²) in [5.74, 6) is 1.53. The number of nitrogens with one attached hydrogen (secondary N) is 1. The maximum atomic E-state index is 12.9. The summed E-state index contributed by atoms with van der Waals surface area (Å²) in [4.78, 5) is 0. The minimum atomic E-state index is -3.34. The molecule has 0 aliphatic carbocycles. The second-order valence-corrected chi connectivity index (χ2v) is 7.21. The summed E-state index contributed by atoms with van der Waals surface area (Å²) >= 11 is 5.93. The van der Waals surface area contributed by atoms with Gasteiger partial charge in [-0.3, -0.25) is 4.57 Å². The molecule has 0 aromatic heterocycles. The molecule has 0 saturated carbocycles. The fourth-order valence-corrected chi connectivity index (χ4v) is 3.71. The minimum absolute atomic E-state index is 0.302. The van der Waals surface area contributed by atoms with Crippen LogP contribution < -0.4 is 5.32 Å². The van der Waals surface area contributed by atoms with Gasteiger partial charge in [0.1, 0.15) is 0 Å². The topological polar surface area (TPSA) is 47.6 Å². The van der Waals surface area contributed by atoms with Gasteiger partial charge in [-0.25, -0.2) is 0 Å². The lowest BCUT2D eigenvalue weighted by molar-refractivity contribution is 0.229. The predicted octanol–water partition coefficient (Wildman–Crippen LogP) is 6.02. The average molecular weight is 366 g/mol. The first kappa shape index (κ1) is 18.8. The highest BCUT2D eigenvalue weighted by Crippen LogP contribution is 2.51. The Morgan fingerprint density at radius 3 is 2.17 bits per heavy atom. The number of benzene rings is 2. The largest absolute Gasteiger partial charge is 0.356 e. The van der Waals surface area contributed by atoms with Crippen LogP contribution >= 0.6 is 19.2 Å². The average Bonchev–Trinajstić information content (AvgIpc) is 2.57. The molecule has 0 amide bonds. The van der Waals surface area contributed by atoms with Gasteiger partial charge >= 0.3 is 7.60 Å². The molecular formula is C18H21ClNO3P. The summed E-state index contributed by atoms with van der Waals surface area (Å²) in [6, 6.07) is 16.9. The molecule has 0 unspecified atom stereocenters. The number of rotatable bonds is 8. The zero-order valence-electron chi connectivity index (χ0n) is 13.7. The predicted molar refractivity (Wildman–Crippen MR) is 100 cm³/mol. The zero-order valence-corrected chi connectivity index (χ0v) is 15.4. The summed E-state index contributed by atoms with van der Waals surface area (Å²) in [7, 11) is -3.34. The first-order valence-electron chi connectivity index (χ1n) is 7.76. The molecule has 0 heterocycles. The van der Waals surface area contributed by atoms with Crippen molar-refractivity contribution < 1.29 is 13.6 Å². The van der Waals surface area contributed by atoms with Crippen LogP contribution in [0.3, 0.4) is 0 Å². The molecule has 128 valence electrons. The second kappa shape index (κ2) is 9.05. The van der Waals surface area contributed by atoms with E-state index in [4.69, 9.17) is 20.6 Å². The van der Waals surface area contributed by atoms with Crippen LogP contribution in [0.1, 0.15) is 19.4 Å².